The van der Waals surface area contributed by atoms with E-state index < -0.39 is 9.80 Å². The van der Waals surface area contributed by atoms with Crippen molar-refractivity contribution in [3.05, 3.63) is 22.5 Å². The number of nitro groups is 1. The highest BCUT2D eigenvalue weighted by Crippen LogP contribution is 2.18. The van der Waals surface area contributed by atoms with Gasteiger partial charge in [-0.2, -0.15) is 0 Å². The van der Waals surface area contributed by atoms with Crippen LogP contribution >= 0.6 is 11.6 Å². The largest absolute Gasteiger partial charge is 0.434 e. The summed E-state index contributed by atoms with van der Waals surface area (Å²) in [5, 5.41) is 22.4. The van der Waals surface area contributed by atoms with Gasteiger partial charge in [0.2, 0.25) is 0 Å². The van der Waals surface area contributed by atoms with E-state index in [4.69, 9.17) is 16.8 Å². The Morgan fingerprint density at radius 2 is 2.44 bits per heavy atom. The van der Waals surface area contributed by atoms with Crippen molar-refractivity contribution < 1.29 is 10.1 Å². The lowest BCUT2D eigenvalue weighted by Crippen LogP contribution is -2.29. The molecule has 8 heteroatoms. The van der Waals surface area contributed by atoms with Gasteiger partial charge >= 0.3 is 5.95 Å². The van der Waals surface area contributed by atoms with Gasteiger partial charge in [0.25, 0.3) is 0 Å². The van der Waals surface area contributed by atoms with Crippen LogP contribution in [0.4, 0.5) is 5.95 Å². The van der Waals surface area contributed by atoms with Crippen molar-refractivity contribution in [3.8, 4) is 0 Å². The van der Waals surface area contributed by atoms with Crippen LogP contribution in [0.25, 0.3) is 0 Å². The van der Waals surface area contributed by atoms with E-state index in [-0.39, 0.29) is 18.2 Å². The van der Waals surface area contributed by atoms with E-state index in [0.717, 1.165) is 0 Å². The normalized spacial score (nSPS) is 12.8. The molecule has 0 aliphatic rings. The van der Waals surface area contributed by atoms with Crippen LogP contribution in [0.1, 0.15) is 13.8 Å². The molecule has 0 aliphatic carbocycles. The van der Waals surface area contributed by atoms with Crippen LogP contribution in [-0.4, -0.2) is 30.3 Å². The van der Waals surface area contributed by atoms with Gasteiger partial charge in [0.05, 0.1) is 4.87 Å². The Kier molecular flexibility index (Phi) is 3.48. The summed E-state index contributed by atoms with van der Waals surface area (Å²) >= 11 is 5.95. The Bertz CT molecular complexity index is 421. The van der Waals surface area contributed by atoms with Crippen LogP contribution in [-0.2, 0) is 6.54 Å². The molecule has 0 spiro atoms. The third-order valence-electron chi connectivity index (χ3n) is 1.98. The monoisotopic (exact) mass is 246 g/mol. The highest BCUT2D eigenvalue weighted by molar-refractivity contribution is 6.35. The summed E-state index contributed by atoms with van der Waals surface area (Å²) in [6.45, 7) is 3.28. The van der Waals surface area contributed by atoms with Crippen LogP contribution in [0.5, 0.6) is 0 Å². The lowest BCUT2D eigenvalue weighted by Gasteiger charge is -2.16. The maximum Gasteiger partial charge on any atom is 0.434 e. The molecular weight excluding hydrogens is 236 g/mol. The second kappa shape index (κ2) is 4.48. The third-order valence-corrected chi connectivity index (χ3v) is 2.20. The smallest absolute Gasteiger partial charge is 0.411 e. The number of oxime groups is 1. The van der Waals surface area contributed by atoms with E-state index in [9.17, 15) is 10.1 Å². The van der Waals surface area contributed by atoms with Crippen LogP contribution in [0.3, 0.4) is 0 Å². The summed E-state index contributed by atoms with van der Waals surface area (Å²) in [7, 11) is 0. The fraction of sp³-hybridized carbons (Fsp3) is 0.500. The van der Waals surface area contributed by atoms with E-state index in [1.54, 1.807) is 13.8 Å². The lowest BCUT2D eigenvalue weighted by molar-refractivity contribution is -0.396. The number of nitrogens with zero attached hydrogens (tertiary/aromatic N) is 4. The molecule has 0 aliphatic heterocycles. The van der Waals surface area contributed by atoms with Crippen molar-refractivity contribution in [1.29, 1.82) is 0 Å². The standard InChI is InChI=1S/C8H11ClN4O3/c1-8(2,9)6(11-14)5-12-4-3-10-7(12)13(15)16/h3-4,14H,5H2,1-2H3/b11-6-. The molecule has 1 N–H and O–H groups in total. The zero-order chi connectivity index (χ0) is 12.3. The zero-order valence-corrected chi connectivity index (χ0v) is 9.55. The second-order valence-electron chi connectivity index (χ2n) is 3.63. The Morgan fingerprint density at radius 3 is 2.88 bits per heavy atom. The molecule has 0 amide bonds. The summed E-state index contributed by atoms with van der Waals surface area (Å²) in [5.41, 5.74) is 0.218. The highest BCUT2D eigenvalue weighted by atomic mass is 35.5. The molecule has 0 unspecified atom stereocenters. The van der Waals surface area contributed by atoms with Crippen LogP contribution in [0.2, 0.25) is 0 Å². The number of hydrogen-bond donors (Lipinski definition) is 1. The minimum atomic E-state index is -0.882. The van der Waals surface area contributed by atoms with Crippen molar-refractivity contribution in [2.75, 3.05) is 0 Å². The molecule has 88 valence electrons. The predicted molar refractivity (Wildman–Crippen MR) is 58.0 cm³/mol. The highest BCUT2D eigenvalue weighted by Gasteiger charge is 2.26. The Hall–Kier alpha value is -1.63. The first kappa shape index (κ1) is 12.4. The summed E-state index contributed by atoms with van der Waals surface area (Å²) in [4.78, 5) is 12.7. The Labute approximate surface area is 96.5 Å². The van der Waals surface area contributed by atoms with Gasteiger partial charge in [0.1, 0.15) is 24.7 Å². The molecule has 1 aromatic rings. The second-order valence-corrected chi connectivity index (χ2v) is 4.58. The van der Waals surface area contributed by atoms with E-state index in [0.29, 0.717) is 0 Å². The zero-order valence-electron chi connectivity index (χ0n) is 8.79. The van der Waals surface area contributed by atoms with Gasteiger partial charge in [0.15, 0.2) is 0 Å². The van der Waals surface area contributed by atoms with Crippen molar-refractivity contribution in [2.24, 2.45) is 5.16 Å². The average Bonchev–Trinajstić information content (AvgIpc) is 2.59. The first-order chi connectivity index (χ1) is 7.36. The molecule has 0 atom stereocenters. The summed E-state index contributed by atoms with van der Waals surface area (Å²) in [6, 6.07) is 0. The van der Waals surface area contributed by atoms with E-state index in [1.165, 1.54) is 17.0 Å². The molecule has 0 bridgehead atoms. The first-order valence-corrected chi connectivity index (χ1v) is 4.80. The summed E-state index contributed by atoms with van der Waals surface area (Å²) < 4.78 is 1.25. The predicted octanol–water partition coefficient (Wildman–Crippen LogP) is 1.64. The van der Waals surface area contributed by atoms with Crippen molar-refractivity contribution >= 4 is 23.3 Å². The maximum absolute atomic E-state index is 10.6. The molecule has 0 aromatic carbocycles. The molecule has 0 saturated carbocycles. The third kappa shape index (κ3) is 2.69. The first-order valence-electron chi connectivity index (χ1n) is 4.42. The molecule has 0 radical (unpaired) electrons. The van der Waals surface area contributed by atoms with Gasteiger partial charge in [-0.25, -0.2) is 4.57 Å². The SMILES string of the molecule is CC(C)(Cl)/C(Cn1ccnc1[N+](=O)[O-])=N\O. The van der Waals surface area contributed by atoms with Crippen molar-refractivity contribution in [2.45, 2.75) is 25.3 Å². The topological polar surface area (TPSA) is 93.5 Å². The maximum atomic E-state index is 10.6. The average molecular weight is 247 g/mol. The molecular formula is C8H11ClN4O3. The number of alkyl halides is 1. The van der Waals surface area contributed by atoms with Gasteiger partial charge in [-0.15, -0.1) is 11.6 Å². The van der Waals surface area contributed by atoms with Gasteiger partial charge in [-0.3, -0.25) is 0 Å². The number of imidazole rings is 1. The molecule has 0 saturated heterocycles. The quantitative estimate of drug-likeness (QED) is 0.287. The van der Waals surface area contributed by atoms with Gasteiger partial charge in [-0.1, -0.05) is 10.1 Å². The fourth-order valence-electron chi connectivity index (χ4n) is 1.10. The van der Waals surface area contributed by atoms with Gasteiger partial charge < -0.3 is 15.3 Å². The number of hydrogen-bond acceptors (Lipinski definition) is 5. The summed E-state index contributed by atoms with van der Waals surface area (Å²) in [5.74, 6) is -0.318. The molecule has 1 heterocycles. The number of aromatic nitrogens is 2. The van der Waals surface area contributed by atoms with Crippen LogP contribution < -0.4 is 0 Å². The van der Waals surface area contributed by atoms with Crippen LogP contribution in [0.15, 0.2) is 17.5 Å². The number of halogens is 1. The van der Waals surface area contributed by atoms with E-state index >= 15 is 0 Å². The van der Waals surface area contributed by atoms with E-state index in [2.05, 4.69) is 10.1 Å². The van der Waals surface area contributed by atoms with Gasteiger partial charge in [-0.05, 0) is 18.8 Å². The molecule has 16 heavy (non-hydrogen) atoms. The molecule has 1 aromatic heterocycles. The van der Waals surface area contributed by atoms with Crippen molar-refractivity contribution in [3.63, 3.8) is 0 Å². The van der Waals surface area contributed by atoms with E-state index in [1.807, 2.05) is 0 Å². The minimum absolute atomic E-state index is 0.0172. The molecule has 7 nitrogen and oxygen atoms in total. The Balaban J connectivity index is 2.96. The fourth-order valence-corrected chi connectivity index (χ4v) is 1.19. The van der Waals surface area contributed by atoms with Crippen molar-refractivity contribution in [1.82, 2.24) is 9.55 Å². The Morgan fingerprint density at radius 1 is 1.81 bits per heavy atom. The minimum Gasteiger partial charge on any atom is -0.411 e. The molecule has 0 fully saturated rings. The van der Waals surface area contributed by atoms with Gasteiger partial charge in [0, 0.05) is 0 Å². The summed E-state index contributed by atoms with van der Waals surface area (Å²) in [6.07, 6.45) is 2.72. The number of rotatable bonds is 4. The lowest BCUT2D eigenvalue weighted by atomic mass is 10.1. The molecule has 1 rings (SSSR count). The van der Waals surface area contributed by atoms with Crippen LogP contribution in [0, 0.1) is 10.1 Å².